The van der Waals surface area contributed by atoms with Crippen LogP contribution in [0.2, 0.25) is 0 Å². The van der Waals surface area contributed by atoms with Crippen molar-refractivity contribution in [1.82, 2.24) is 0 Å². The quantitative estimate of drug-likeness (QED) is 0.395. The lowest BCUT2D eigenvalue weighted by Crippen LogP contribution is -2.61. The number of quaternary nitrogens is 1. The van der Waals surface area contributed by atoms with E-state index in [0.29, 0.717) is 0 Å². The zero-order valence-corrected chi connectivity index (χ0v) is 5.73. The Balaban J connectivity index is 5.30. The molecule has 0 aromatic rings. The van der Waals surface area contributed by atoms with E-state index in [9.17, 15) is 44.2 Å². The summed E-state index contributed by atoms with van der Waals surface area (Å²) in [5, 5.41) is -6.31. The summed E-state index contributed by atoms with van der Waals surface area (Å²) in [6, 6.07) is -7.20. The third-order valence-electron chi connectivity index (χ3n) is 1.05. The zero-order chi connectivity index (χ0) is 12.0. The fraction of sp³-hybridized carbons (Fsp3) is 1.00. The monoisotopic (exact) mass is 240 g/mol. The van der Waals surface area contributed by atoms with Crippen molar-refractivity contribution in [1.29, 1.82) is 0 Å². The molecule has 0 saturated heterocycles. The van der Waals surface area contributed by atoms with Crippen molar-refractivity contribution in [3.05, 3.63) is 0 Å². The molecule has 0 aliphatic heterocycles. The van der Waals surface area contributed by atoms with Gasteiger partial charge < -0.3 is 0 Å². The lowest BCUT2D eigenvalue weighted by Gasteiger charge is -2.23. The lowest BCUT2D eigenvalue weighted by molar-refractivity contribution is -1.32. The summed E-state index contributed by atoms with van der Waals surface area (Å²) in [6.07, 6.45) is -6.98. The molecule has 0 heterocycles. The van der Waals surface area contributed by atoms with Crippen LogP contribution in [0.4, 0.5) is 44.2 Å². The fourth-order valence-electron chi connectivity index (χ4n) is 0.330. The molecule has 0 unspecified atom stereocenters. The largest absolute Gasteiger partial charge is 0.579 e. The number of alkyl halides is 7. The molecule has 0 fully saturated rings. The molecule has 0 radical (unpaired) electrons. The molecular formula is C3F10N+. The highest BCUT2D eigenvalue weighted by atomic mass is 19.6. The van der Waals surface area contributed by atoms with Crippen molar-refractivity contribution in [2.75, 3.05) is 0 Å². The minimum atomic E-state index is -7.20. The van der Waals surface area contributed by atoms with Crippen LogP contribution >= 0.6 is 0 Å². The second-order valence-corrected chi connectivity index (χ2v) is 2.06. The first kappa shape index (κ1) is 13.3. The smallest absolute Gasteiger partial charge is 0.183 e. The highest BCUT2D eigenvalue weighted by Crippen LogP contribution is 2.51. The predicted molar refractivity (Wildman–Crippen MR) is 19.5 cm³/mol. The van der Waals surface area contributed by atoms with E-state index in [1.807, 2.05) is 0 Å². The molecule has 0 amide bonds. The summed E-state index contributed by atoms with van der Waals surface area (Å²) in [7, 11) is 0. The van der Waals surface area contributed by atoms with Crippen LogP contribution in [0.1, 0.15) is 0 Å². The van der Waals surface area contributed by atoms with Gasteiger partial charge in [0.2, 0.25) is 0 Å². The van der Waals surface area contributed by atoms with E-state index >= 15 is 0 Å². The minimum absolute atomic E-state index is 6.31. The molecule has 0 saturated carbocycles. The number of rotatable bonds is 2. The van der Waals surface area contributed by atoms with Gasteiger partial charge in [-0.3, -0.25) is 0 Å². The summed E-state index contributed by atoms with van der Waals surface area (Å²) < 4.78 is 113. The molecule has 0 aliphatic carbocycles. The average molecular weight is 240 g/mol. The van der Waals surface area contributed by atoms with Crippen LogP contribution in [-0.4, -0.2) is 23.3 Å². The van der Waals surface area contributed by atoms with Crippen molar-refractivity contribution in [3.63, 3.8) is 0 Å². The van der Waals surface area contributed by atoms with Gasteiger partial charge in [0.25, 0.3) is 0 Å². The van der Waals surface area contributed by atoms with E-state index in [4.69, 9.17) is 0 Å². The molecule has 1 nitrogen and oxygen atoms in total. The SMILES string of the molecule is FC(F)(F)C(F)(F)C(F)(F)[N+](F)(F)F. The molecule has 0 atom stereocenters. The van der Waals surface area contributed by atoms with Gasteiger partial charge in [-0.05, 0) is 0 Å². The maximum atomic E-state index is 11.6. The molecular weight excluding hydrogens is 240 g/mol. The summed E-state index contributed by atoms with van der Waals surface area (Å²) in [5.74, 6) is -7.17. The normalized spacial score (nSPS) is 15.9. The number of hydrogen-bond donors (Lipinski definition) is 0. The Bertz CT molecular complexity index is 184. The maximum absolute atomic E-state index is 11.6. The second kappa shape index (κ2) is 2.87. The number of hydrogen-bond acceptors (Lipinski definition) is 0. The Labute approximate surface area is 68.9 Å². The van der Waals surface area contributed by atoms with Crippen molar-refractivity contribution in [3.8, 4) is 0 Å². The van der Waals surface area contributed by atoms with E-state index in [2.05, 4.69) is 0 Å². The molecule has 0 N–H and O–H groups in total. The zero-order valence-electron chi connectivity index (χ0n) is 5.73. The van der Waals surface area contributed by atoms with Crippen LogP contribution in [0.15, 0.2) is 0 Å². The van der Waals surface area contributed by atoms with Crippen LogP contribution in [-0.2, 0) is 0 Å². The summed E-state index contributed by atoms with van der Waals surface area (Å²) in [4.78, 5) is 0. The van der Waals surface area contributed by atoms with E-state index in [1.54, 1.807) is 0 Å². The van der Waals surface area contributed by atoms with Gasteiger partial charge in [-0.25, -0.2) is 0 Å². The highest BCUT2D eigenvalue weighted by molar-refractivity contribution is 4.83. The maximum Gasteiger partial charge on any atom is 0.579 e. The molecule has 0 aromatic heterocycles. The van der Waals surface area contributed by atoms with Crippen molar-refractivity contribution < 1.29 is 49.3 Å². The first-order valence-electron chi connectivity index (χ1n) is 2.55. The molecule has 0 aromatic carbocycles. The Morgan fingerprint density at radius 3 is 1.00 bits per heavy atom. The molecule has 0 aliphatic rings. The van der Waals surface area contributed by atoms with Crippen molar-refractivity contribution in [2.45, 2.75) is 18.1 Å². The van der Waals surface area contributed by atoms with E-state index < -0.39 is 23.3 Å². The van der Waals surface area contributed by atoms with Gasteiger partial charge in [0, 0.05) is 0 Å². The van der Waals surface area contributed by atoms with E-state index in [1.165, 1.54) is 0 Å². The summed E-state index contributed by atoms with van der Waals surface area (Å²) in [6.45, 7) is 0. The Morgan fingerprint density at radius 1 is 0.643 bits per heavy atom. The van der Waals surface area contributed by atoms with Crippen molar-refractivity contribution >= 4 is 0 Å². The number of nitrogens with zero attached hydrogens (tertiary/aromatic N) is 1. The highest BCUT2D eigenvalue weighted by Gasteiger charge is 2.88. The lowest BCUT2D eigenvalue weighted by atomic mass is 10.3. The molecule has 86 valence electrons. The van der Waals surface area contributed by atoms with Crippen LogP contribution in [0.25, 0.3) is 0 Å². The molecule has 0 bridgehead atoms. The third kappa shape index (κ3) is 1.72. The van der Waals surface area contributed by atoms with Gasteiger partial charge in [-0.15, -0.1) is 8.78 Å². The van der Waals surface area contributed by atoms with Crippen molar-refractivity contribution in [2.24, 2.45) is 0 Å². The van der Waals surface area contributed by atoms with E-state index in [0.717, 1.165) is 0 Å². The molecule has 0 spiro atoms. The summed E-state index contributed by atoms with van der Waals surface area (Å²) in [5.41, 5.74) is 0. The van der Waals surface area contributed by atoms with Gasteiger partial charge in [-0.2, -0.15) is 22.0 Å². The van der Waals surface area contributed by atoms with E-state index in [-0.39, 0.29) is 0 Å². The summed E-state index contributed by atoms with van der Waals surface area (Å²) >= 11 is 0. The average Bonchev–Trinajstić information content (AvgIpc) is 1.81. The predicted octanol–water partition coefficient (Wildman–Crippen LogP) is 3.25. The second-order valence-electron chi connectivity index (χ2n) is 2.06. The van der Waals surface area contributed by atoms with Crippen LogP contribution in [0.3, 0.4) is 0 Å². The van der Waals surface area contributed by atoms with Crippen LogP contribution < -0.4 is 0 Å². The minimum Gasteiger partial charge on any atom is -0.183 e. The Kier molecular flexibility index (Phi) is 2.72. The molecule has 11 heteroatoms. The standard InChI is InChI=1S/C3F10N/c4-1(5,2(6,7)8)3(9,10)14(11,12)13/q+1. The van der Waals surface area contributed by atoms with Crippen LogP contribution in [0, 0.1) is 0 Å². The Hall–Kier alpha value is -0.740. The van der Waals surface area contributed by atoms with Gasteiger partial charge in [0.05, 0.1) is 13.4 Å². The molecule has 14 heavy (non-hydrogen) atoms. The molecule has 0 rings (SSSR count). The van der Waals surface area contributed by atoms with Gasteiger partial charge in [-0.1, -0.05) is 0 Å². The topological polar surface area (TPSA) is 0 Å². The fourth-order valence-corrected chi connectivity index (χ4v) is 0.330. The van der Waals surface area contributed by atoms with Gasteiger partial charge in [0.15, 0.2) is 0 Å². The Morgan fingerprint density at radius 2 is 0.929 bits per heavy atom. The number of halogens is 10. The van der Waals surface area contributed by atoms with Gasteiger partial charge >= 0.3 is 23.3 Å². The third-order valence-corrected chi connectivity index (χ3v) is 1.05. The van der Waals surface area contributed by atoms with Crippen LogP contribution in [0.5, 0.6) is 0 Å². The first-order valence-corrected chi connectivity index (χ1v) is 2.55. The first-order chi connectivity index (χ1) is 5.75. The van der Waals surface area contributed by atoms with Gasteiger partial charge in [0.1, 0.15) is 0 Å².